The summed E-state index contributed by atoms with van der Waals surface area (Å²) in [7, 11) is 0. The molecule has 0 aliphatic carbocycles. The number of carbonyl (C=O) groups excluding carboxylic acids is 3. The molecular formula is C19H24N2O4. The predicted octanol–water partition coefficient (Wildman–Crippen LogP) is 1.77. The molecule has 2 heterocycles. The Bertz CT molecular complexity index is 667. The number of ether oxygens (including phenoxy) is 1. The largest absolute Gasteiger partial charge is 0.455 e. The van der Waals surface area contributed by atoms with E-state index in [2.05, 4.69) is 0 Å². The van der Waals surface area contributed by atoms with Crippen molar-refractivity contribution < 1.29 is 19.1 Å². The van der Waals surface area contributed by atoms with Gasteiger partial charge in [-0.05, 0) is 30.9 Å². The first-order valence-corrected chi connectivity index (χ1v) is 8.92. The van der Waals surface area contributed by atoms with Crippen LogP contribution in [0.5, 0.6) is 0 Å². The van der Waals surface area contributed by atoms with Gasteiger partial charge in [0.25, 0.3) is 5.91 Å². The van der Waals surface area contributed by atoms with Crippen molar-refractivity contribution in [3.8, 4) is 0 Å². The highest BCUT2D eigenvalue weighted by Crippen LogP contribution is 2.29. The Labute approximate surface area is 147 Å². The first-order chi connectivity index (χ1) is 12.1. The van der Waals surface area contributed by atoms with Gasteiger partial charge in [-0.1, -0.05) is 25.1 Å². The van der Waals surface area contributed by atoms with Crippen LogP contribution in [0.2, 0.25) is 0 Å². The van der Waals surface area contributed by atoms with Crippen LogP contribution in [-0.2, 0) is 25.5 Å². The van der Waals surface area contributed by atoms with Crippen LogP contribution < -0.4 is 4.90 Å². The van der Waals surface area contributed by atoms with Crippen LogP contribution in [0.3, 0.4) is 0 Å². The van der Waals surface area contributed by atoms with Gasteiger partial charge in [-0.2, -0.15) is 0 Å². The molecule has 3 rings (SSSR count). The maximum atomic E-state index is 12.3. The van der Waals surface area contributed by atoms with Crippen LogP contribution in [0.15, 0.2) is 24.3 Å². The van der Waals surface area contributed by atoms with E-state index in [1.165, 1.54) is 0 Å². The van der Waals surface area contributed by atoms with E-state index in [0.717, 1.165) is 43.6 Å². The highest BCUT2D eigenvalue weighted by molar-refractivity contribution is 6.00. The molecule has 1 aromatic carbocycles. The number of rotatable bonds is 5. The highest BCUT2D eigenvalue weighted by atomic mass is 16.5. The van der Waals surface area contributed by atoms with E-state index in [0.29, 0.717) is 6.54 Å². The quantitative estimate of drug-likeness (QED) is 0.764. The lowest BCUT2D eigenvalue weighted by Crippen LogP contribution is -2.33. The molecule has 0 aromatic heterocycles. The molecule has 2 fully saturated rings. The minimum absolute atomic E-state index is 0.0753. The smallest absolute Gasteiger partial charge is 0.311 e. The lowest BCUT2D eigenvalue weighted by molar-refractivity contribution is -0.154. The highest BCUT2D eigenvalue weighted by Gasteiger charge is 2.37. The summed E-state index contributed by atoms with van der Waals surface area (Å²) in [6.45, 7) is 3.59. The minimum Gasteiger partial charge on any atom is -0.455 e. The molecular weight excluding hydrogens is 320 g/mol. The molecule has 134 valence electrons. The van der Waals surface area contributed by atoms with Gasteiger partial charge in [-0.3, -0.25) is 14.4 Å². The standard InChI is InChI=1S/C19H24N2O4/c1-2-14-7-3-4-8-16(14)21-12-15(11-17(21)22)19(24)25-13-18(23)20-9-5-6-10-20/h3-4,7-8,15H,2,5-6,9-13H2,1H3/t15-/m0/s1. The molecule has 0 radical (unpaired) electrons. The zero-order valence-corrected chi connectivity index (χ0v) is 14.6. The Morgan fingerprint density at radius 2 is 1.92 bits per heavy atom. The first kappa shape index (κ1) is 17.5. The summed E-state index contributed by atoms with van der Waals surface area (Å²) in [6, 6.07) is 7.73. The van der Waals surface area contributed by atoms with Crippen LogP contribution in [0.1, 0.15) is 31.7 Å². The lowest BCUT2D eigenvalue weighted by atomic mass is 10.1. The third kappa shape index (κ3) is 3.83. The average Bonchev–Trinajstić information content (AvgIpc) is 3.29. The van der Waals surface area contributed by atoms with Gasteiger partial charge in [0.1, 0.15) is 0 Å². The van der Waals surface area contributed by atoms with Crippen molar-refractivity contribution in [2.24, 2.45) is 5.92 Å². The van der Waals surface area contributed by atoms with Gasteiger partial charge in [0.15, 0.2) is 6.61 Å². The van der Waals surface area contributed by atoms with Crippen molar-refractivity contribution in [1.82, 2.24) is 4.90 Å². The molecule has 2 saturated heterocycles. The monoisotopic (exact) mass is 344 g/mol. The molecule has 0 unspecified atom stereocenters. The van der Waals surface area contributed by atoms with Gasteiger partial charge in [0, 0.05) is 31.7 Å². The molecule has 0 N–H and O–H groups in total. The summed E-state index contributed by atoms with van der Waals surface area (Å²) in [5.41, 5.74) is 1.94. The van der Waals surface area contributed by atoms with Crippen LogP contribution in [-0.4, -0.2) is 48.9 Å². The molecule has 0 spiro atoms. The van der Waals surface area contributed by atoms with E-state index in [-0.39, 0.29) is 24.8 Å². The summed E-state index contributed by atoms with van der Waals surface area (Å²) in [5, 5.41) is 0. The van der Waals surface area contributed by atoms with Gasteiger partial charge >= 0.3 is 5.97 Å². The number of nitrogens with zero attached hydrogens (tertiary/aromatic N) is 2. The molecule has 0 saturated carbocycles. The van der Waals surface area contributed by atoms with Crippen LogP contribution in [0.25, 0.3) is 0 Å². The second-order valence-electron chi connectivity index (χ2n) is 6.58. The maximum Gasteiger partial charge on any atom is 0.311 e. The van der Waals surface area contributed by atoms with E-state index in [1.54, 1.807) is 9.80 Å². The van der Waals surface area contributed by atoms with Gasteiger partial charge in [0.2, 0.25) is 5.91 Å². The minimum atomic E-state index is -0.510. The SMILES string of the molecule is CCc1ccccc1N1C[C@@H](C(=O)OCC(=O)N2CCCC2)CC1=O. The van der Waals surface area contributed by atoms with E-state index in [4.69, 9.17) is 4.74 Å². The summed E-state index contributed by atoms with van der Waals surface area (Å²) in [6.07, 6.45) is 2.96. The molecule has 2 aliphatic rings. The van der Waals surface area contributed by atoms with Crippen molar-refractivity contribution in [3.63, 3.8) is 0 Å². The van der Waals surface area contributed by atoms with E-state index >= 15 is 0 Å². The number of para-hydroxylation sites is 1. The Morgan fingerprint density at radius 3 is 2.64 bits per heavy atom. The van der Waals surface area contributed by atoms with E-state index in [1.807, 2.05) is 31.2 Å². The number of likely N-dealkylation sites (tertiary alicyclic amines) is 1. The molecule has 1 aromatic rings. The third-order valence-electron chi connectivity index (χ3n) is 4.92. The Kier molecular flexibility index (Phi) is 5.36. The van der Waals surface area contributed by atoms with Crippen molar-refractivity contribution in [1.29, 1.82) is 0 Å². The van der Waals surface area contributed by atoms with Gasteiger partial charge in [-0.25, -0.2) is 0 Å². The van der Waals surface area contributed by atoms with Crippen molar-refractivity contribution >= 4 is 23.5 Å². The fraction of sp³-hybridized carbons (Fsp3) is 0.526. The number of benzene rings is 1. The topological polar surface area (TPSA) is 66.9 Å². The molecule has 2 amide bonds. The number of anilines is 1. The van der Waals surface area contributed by atoms with Crippen LogP contribution >= 0.6 is 0 Å². The van der Waals surface area contributed by atoms with E-state index < -0.39 is 11.9 Å². The number of esters is 1. The number of amides is 2. The fourth-order valence-electron chi connectivity index (χ4n) is 3.48. The zero-order chi connectivity index (χ0) is 17.8. The van der Waals surface area contributed by atoms with Gasteiger partial charge in [-0.15, -0.1) is 0 Å². The van der Waals surface area contributed by atoms with E-state index in [9.17, 15) is 14.4 Å². The third-order valence-corrected chi connectivity index (χ3v) is 4.92. The molecule has 1 atom stereocenters. The number of hydrogen-bond donors (Lipinski definition) is 0. The molecule has 0 bridgehead atoms. The molecule has 6 heteroatoms. The number of hydrogen-bond acceptors (Lipinski definition) is 4. The van der Waals surface area contributed by atoms with Crippen molar-refractivity contribution in [2.45, 2.75) is 32.6 Å². The maximum absolute atomic E-state index is 12.3. The second kappa shape index (κ2) is 7.68. The predicted molar refractivity (Wildman–Crippen MR) is 93.1 cm³/mol. The fourth-order valence-corrected chi connectivity index (χ4v) is 3.48. The number of carbonyl (C=O) groups is 3. The molecule has 25 heavy (non-hydrogen) atoms. The summed E-state index contributed by atoms with van der Waals surface area (Å²) >= 11 is 0. The molecule has 6 nitrogen and oxygen atoms in total. The second-order valence-corrected chi connectivity index (χ2v) is 6.58. The van der Waals surface area contributed by atoms with Crippen LogP contribution in [0, 0.1) is 5.92 Å². The van der Waals surface area contributed by atoms with Gasteiger partial charge in [0.05, 0.1) is 5.92 Å². The first-order valence-electron chi connectivity index (χ1n) is 8.92. The summed E-state index contributed by atoms with van der Waals surface area (Å²) in [5.74, 6) is -1.20. The summed E-state index contributed by atoms with van der Waals surface area (Å²) in [4.78, 5) is 40.0. The van der Waals surface area contributed by atoms with Crippen molar-refractivity contribution in [3.05, 3.63) is 29.8 Å². The number of aryl methyl sites for hydroxylation is 1. The molecule has 2 aliphatic heterocycles. The lowest BCUT2D eigenvalue weighted by Gasteiger charge is -2.20. The Balaban J connectivity index is 1.58. The van der Waals surface area contributed by atoms with Crippen LogP contribution in [0.4, 0.5) is 5.69 Å². The van der Waals surface area contributed by atoms with Gasteiger partial charge < -0.3 is 14.5 Å². The summed E-state index contributed by atoms with van der Waals surface area (Å²) < 4.78 is 5.18. The Hall–Kier alpha value is -2.37. The zero-order valence-electron chi connectivity index (χ0n) is 14.6. The normalized spacial score (nSPS) is 20.2. The van der Waals surface area contributed by atoms with Crippen molar-refractivity contribution in [2.75, 3.05) is 31.1 Å². The Morgan fingerprint density at radius 1 is 1.20 bits per heavy atom. The average molecular weight is 344 g/mol.